The Morgan fingerprint density at radius 3 is 2.02 bits per heavy atom. The smallest absolute Gasteiger partial charge is 0.135 e. The van der Waals surface area contributed by atoms with Crippen molar-refractivity contribution >= 4 is 49.8 Å². The molecule has 0 spiro atoms. The number of para-hydroxylation sites is 1. The molecule has 1 heterocycles. The number of hydrogen-bond acceptors (Lipinski definition) is 2. The molecule has 1 aliphatic carbocycles. The molecule has 0 atom stereocenters. The number of nitrogens with zero attached hydrogens (tertiary/aromatic N) is 1. The van der Waals surface area contributed by atoms with Gasteiger partial charge in [-0.25, -0.2) is 0 Å². The number of hydrogen-bond donors (Lipinski definition) is 0. The topological polar surface area (TPSA) is 16.4 Å². The highest BCUT2D eigenvalue weighted by atomic mass is 16.3. The molecule has 0 saturated carbocycles. The maximum Gasteiger partial charge on any atom is 0.135 e. The average Bonchev–Trinajstić information content (AvgIpc) is 3.56. The lowest BCUT2D eigenvalue weighted by atomic mass is 9.82. The fourth-order valence-electron chi connectivity index (χ4n) is 7.42. The Balaban J connectivity index is 1.27. The second-order valence-electron chi connectivity index (χ2n) is 12.6. The van der Waals surface area contributed by atoms with Gasteiger partial charge in [-0.3, -0.25) is 0 Å². The summed E-state index contributed by atoms with van der Waals surface area (Å²) in [4.78, 5) is 2.40. The van der Waals surface area contributed by atoms with Gasteiger partial charge in [-0.2, -0.15) is 0 Å². The van der Waals surface area contributed by atoms with Crippen LogP contribution in [0.1, 0.15) is 25.0 Å². The second kappa shape index (κ2) is 9.70. The van der Waals surface area contributed by atoms with Crippen LogP contribution in [0.4, 0.5) is 17.1 Å². The van der Waals surface area contributed by atoms with Crippen LogP contribution in [0.2, 0.25) is 0 Å². The molecule has 45 heavy (non-hydrogen) atoms. The van der Waals surface area contributed by atoms with E-state index in [4.69, 9.17) is 4.42 Å². The van der Waals surface area contributed by atoms with Crippen molar-refractivity contribution in [2.75, 3.05) is 4.90 Å². The Bertz CT molecular complexity index is 2420. The minimum Gasteiger partial charge on any atom is -0.456 e. The fraction of sp³-hybridized carbons (Fsp3) is 0.0698. The van der Waals surface area contributed by atoms with Gasteiger partial charge in [-0.05, 0) is 92.7 Å². The van der Waals surface area contributed by atoms with Crippen LogP contribution in [0.15, 0.2) is 156 Å². The summed E-state index contributed by atoms with van der Waals surface area (Å²) in [6.45, 7) is 4.69. The molecule has 1 aromatic heterocycles. The van der Waals surface area contributed by atoms with E-state index < -0.39 is 0 Å². The molecule has 9 rings (SSSR count). The van der Waals surface area contributed by atoms with Crippen molar-refractivity contribution in [2.24, 2.45) is 0 Å². The van der Waals surface area contributed by atoms with E-state index in [1.807, 2.05) is 12.1 Å². The first kappa shape index (κ1) is 25.9. The van der Waals surface area contributed by atoms with Crippen LogP contribution >= 0.6 is 0 Å². The van der Waals surface area contributed by atoms with E-state index in [9.17, 15) is 0 Å². The monoisotopic (exact) mass is 577 g/mol. The molecule has 214 valence electrons. The number of furan rings is 1. The molecule has 0 unspecified atom stereocenters. The Morgan fingerprint density at radius 2 is 1.09 bits per heavy atom. The first-order valence-corrected chi connectivity index (χ1v) is 15.6. The Kier molecular flexibility index (Phi) is 5.58. The van der Waals surface area contributed by atoms with Crippen LogP contribution < -0.4 is 4.90 Å². The highest BCUT2D eigenvalue weighted by molar-refractivity contribution is 6.06. The van der Waals surface area contributed by atoms with Gasteiger partial charge in [0.15, 0.2) is 0 Å². The zero-order valence-corrected chi connectivity index (χ0v) is 25.3. The summed E-state index contributed by atoms with van der Waals surface area (Å²) >= 11 is 0. The fourth-order valence-corrected chi connectivity index (χ4v) is 7.42. The molecule has 2 heteroatoms. The summed E-state index contributed by atoms with van der Waals surface area (Å²) in [5, 5.41) is 4.75. The van der Waals surface area contributed by atoms with Crippen LogP contribution in [0.5, 0.6) is 0 Å². The predicted octanol–water partition coefficient (Wildman–Crippen LogP) is 12.2. The average molecular weight is 578 g/mol. The highest BCUT2D eigenvalue weighted by Crippen LogP contribution is 2.51. The number of anilines is 3. The van der Waals surface area contributed by atoms with Gasteiger partial charge in [0, 0.05) is 33.2 Å². The van der Waals surface area contributed by atoms with Gasteiger partial charge in [0.2, 0.25) is 0 Å². The number of rotatable bonds is 4. The largest absolute Gasteiger partial charge is 0.456 e. The molecular weight excluding hydrogens is 546 g/mol. The van der Waals surface area contributed by atoms with Gasteiger partial charge in [-0.1, -0.05) is 117 Å². The second-order valence-corrected chi connectivity index (χ2v) is 12.6. The molecule has 0 aliphatic heterocycles. The van der Waals surface area contributed by atoms with Gasteiger partial charge >= 0.3 is 0 Å². The molecular formula is C43H31NO. The zero-order valence-electron chi connectivity index (χ0n) is 25.3. The maximum absolute atomic E-state index is 6.22. The Morgan fingerprint density at radius 1 is 0.444 bits per heavy atom. The van der Waals surface area contributed by atoms with Gasteiger partial charge in [0.05, 0.1) is 0 Å². The number of fused-ring (bicyclic) bond motifs is 7. The molecule has 8 aromatic rings. The molecule has 2 nitrogen and oxygen atoms in total. The van der Waals surface area contributed by atoms with Gasteiger partial charge in [0.25, 0.3) is 0 Å². The van der Waals surface area contributed by atoms with Crippen molar-refractivity contribution in [2.45, 2.75) is 19.3 Å². The molecule has 1 aliphatic rings. The molecule has 0 fully saturated rings. The van der Waals surface area contributed by atoms with Gasteiger partial charge in [0.1, 0.15) is 11.2 Å². The minimum absolute atomic E-state index is 0.0941. The van der Waals surface area contributed by atoms with Crippen molar-refractivity contribution in [1.82, 2.24) is 0 Å². The molecule has 0 N–H and O–H groups in total. The molecule has 7 aromatic carbocycles. The molecule has 0 bridgehead atoms. The third-order valence-corrected chi connectivity index (χ3v) is 9.65. The maximum atomic E-state index is 6.22. The van der Waals surface area contributed by atoms with Crippen molar-refractivity contribution in [3.8, 4) is 22.3 Å². The highest BCUT2D eigenvalue weighted by Gasteiger charge is 2.35. The summed E-state index contributed by atoms with van der Waals surface area (Å²) in [6, 6.07) is 54.8. The Labute approximate surface area is 262 Å². The summed E-state index contributed by atoms with van der Waals surface area (Å²) in [6.07, 6.45) is 0. The van der Waals surface area contributed by atoms with Crippen LogP contribution in [-0.4, -0.2) is 0 Å². The minimum atomic E-state index is -0.0941. The van der Waals surface area contributed by atoms with E-state index in [0.717, 1.165) is 39.0 Å². The molecule has 0 radical (unpaired) electrons. The first-order valence-electron chi connectivity index (χ1n) is 15.6. The van der Waals surface area contributed by atoms with E-state index >= 15 is 0 Å². The van der Waals surface area contributed by atoms with Crippen LogP contribution in [0, 0.1) is 0 Å². The lowest BCUT2D eigenvalue weighted by Crippen LogP contribution is -2.16. The number of benzene rings is 7. The van der Waals surface area contributed by atoms with Crippen LogP contribution in [0.3, 0.4) is 0 Å². The van der Waals surface area contributed by atoms with E-state index in [2.05, 4.69) is 158 Å². The van der Waals surface area contributed by atoms with Crippen LogP contribution in [-0.2, 0) is 5.41 Å². The quantitative estimate of drug-likeness (QED) is 0.207. The van der Waals surface area contributed by atoms with Crippen molar-refractivity contribution in [3.05, 3.63) is 163 Å². The lowest BCUT2D eigenvalue weighted by molar-refractivity contribution is 0.660. The molecule has 0 amide bonds. The van der Waals surface area contributed by atoms with E-state index in [1.54, 1.807) is 0 Å². The Hall–Kier alpha value is -5.60. The van der Waals surface area contributed by atoms with Crippen molar-refractivity contribution < 1.29 is 4.42 Å². The predicted molar refractivity (Wildman–Crippen MR) is 189 cm³/mol. The van der Waals surface area contributed by atoms with E-state index in [-0.39, 0.29) is 5.41 Å². The van der Waals surface area contributed by atoms with Crippen molar-refractivity contribution in [3.63, 3.8) is 0 Å². The first-order chi connectivity index (χ1) is 22.1. The van der Waals surface area contributed by atoms with E-state index in [0.29, 0.717) is 0 Å². The molecule has 0 saturated heterocycles. The van der Waals surface area contributed by atoms with Gasteiger partial charge < -0.3 is 9.32 Å². The summed E-state index contributed by atoms with van der Waals surface area (Å²) in [7, 11) is 0. The summed E-state index contributed by atoms with van der Waals surface area (Å²) in [5.74, 6) is 0. The summed E-state index contributed by atoms with van der Waals surface area (Å²) in [5.41, 5.74) is 12.9. The SMILES string of the molecule is CC1(C)c2ccccc2-c2ccc(N(c3cccc(-c4cccc5ccccc45)c3)c3ccc4oc5ccccc5c4c3)cc21. The normalized spacial score (nSPS) is 13.3. The third kappa shape index (κ3) is 3.96. The zero-order chi connectivity index (χ0) is 30.1. The van der Waals surface area contributed by atoms with Crippen LogP contribution in [0.25, 0.3) is 55.0 Å². The summed E-state index contributed by atoms with van der Waals surface area (Å²) < 4.78 is 6.22. The van der Waals surface area contributed by atoms with Gasteiger partial charge in [-0.15, -0.1) is 0 Å². The van der Waals surface area contributed by atoms with Crippen molar-refractivity contribution in [1.29, 1.82) is 0 Å². The van der Waals surface area contributed by atoms with E-state index in [1.165, 1.54) is 44.2 Å². The third-order valence-electron chi connectivity index (χ3n) is 9.65. The standard InChI is InChI=1S/C43H31NO/c1-43(2)39-19-7-5-16-35(39)36-23-21-32(27-40(36)43)44(31-22-24-42-38(26-31)37-17-6-8-20-41(37)45-42)30-14-9-13-29(25-30)34-18-10-12-28-11-3-4-15-33(28)34/h3-27H,1-2H3. The lowest BCUT2D eigenvalue weighted by Gasteiger charge is -2.28.